The number of amides is 1. The molecular weight excluding hydrogens is 501 g/mol. The maximum atomic E-state index is 13.8. The minimum Gasteiger partial charge on any atom is -0.481 e. The number of carboxylic acids is 1. The Kier molecular flexibility index (Phi) is 7.48. The fraction of sp³-hybridized carbons (Fsp3) is 0.333. The van der Waals surface area contributed by atoms with Crippen LogP contribution in [0, 0.1) is 29.3 Å². The van der Waals surface area contributed by atoms with Crippen molar-refractivity contribution >= 4 is 40.9 Å². The Bertz CT molecular complexity index is 1290. The maximum Gasteiger partial charge on any atom is 0.320 e. The first-order valence-corrected chi connectivity index (χ1v) is 11.6. The number of anilines is 3. The zero-order valence-corrected chi connectivity index (χ0v) is 19.8. The molecule has 12 heteroatoms. The van der Waals surface area contributed by atoms with Gasteiger partial charge in [-0.25, -0.2) is 13.2 Å². The van der Waals surface area contributed by atoms with Crippen molar-refractivity contribution < 1.29 is 32.3 Å². The van der Waals surface area contributed by atoms with Gasteiger partial charge in [-0.05, 0) is 55.2 Å². The molecule has 1 atom stereocenters. The lowest BCUT2D eigenvalue weighted by atomic mass is 9.74. The number of hydrogen-bond acceptors (Lipinski definition) is 6. The van der Waals surface area contributed by atoms with Gasteiger partial charge in [-0.1, -0.05) is 29.7 Å². The van der Waals surface area contributed by atoms with Crippen LogP contribution < -0.4 is 10.6 Å². The Balaban J connectivity index is 1.38. The number of halogens is 4. The number of carboxylic acid groups (broad SMARTS) is 1. The second kappa shape index (κ2) is 10.6. The number of rotatable bonds is 7. The van der Waals surface area contributed by atoms with Gasteiger partial charge in [-0.3, -0.25) is 9.59 Å². The number of nitrogens with one attached hydrogen (secondary N) is 2. The molecule has 2 aromatic carbocycles. The third kappa shape index (κ3) is 5.62. The molecule has 0 spiro atoms. The number of aliphatic carboxylic acids is 1. The van der Waals surface area contributed by atoms with Gasteiger partial charge in [-0.2, -0.15) is 0 Å². The van der Waals surface area contributed by atoms with E-state index < -0.39 is 46.9 Å². The lowest BCUT2D eigenvalue weighted by Crippen LogP contribution is -2.24. The first-order valence-electron chi connectivity index (χ1n) is 11.2. The first-order chi connectivity index (χ1) is 17.1. The summed E-state index contributed by atoms with van der Waals surface area (Å²) in [5, 5.41) is 21.5. The molecule has 0 bridgehead atoms. The molecule has 190 valence electrons. The summed E-state index contributed by atoms with van der Waals surface area (Å²) >= 11 is 6.38. The Hall–Kier alpha value is -3.60. The number of aromatic nitrogens is 2. The molecule has 1 aromatic heterocycles. The average Bonchev–Trinajstić information content (AvgIpc) is 3.32. The van der Waals surface area contributed by atoms with Gasteiger partial charge in [0.2, 0.25) is 0 Å². The van der Waals surface area contributed by atoms with Crippen molar-refractivity contribution in [3.8, 4) is 0 Å². The van der Waals surface area contributed by atoms with E-state index >= 15 is 0 Å². The smallest absolute Gasteiger partial charge is 0.320 e. The van der Waals surface area contributed by atoms with Gasteiger partial charge in [0.05, 0.1) is 22.3 Å². The van der Waals surface area contributed by atoms with Crippen molar-refractivity contribution in [2.75, 3.05) is 10.6 Å². The molecule has 36 heavy (non-hydrogen) atoms. The van der Waals surface area contributed by atoms with Crippen molar-refractivity contribution in [1.29, 1.82) is 0 Å². The summed E-state index contributed by atoms with van der Waals surface area (Å²) in [5.74, 6) is -5.72. The minimum atomic E-state index is -1.35. The van der Waals surface area contributed by atoms with Gasteiger partial charge in [-0.15, -0.1) is 5.10 Å². The van der Waals surface area contributed by atoms with E-state index in [2.05, 4.69) is 20.8 Å². The molecule has 0 unspecified atom stereocenters. The third-order valence-electron chi connectivity index (χ3n) is 6.45. The van der Waals surface area contributed by atoms with Crippen LogP contribution in [-0.2, 0) is 4.79 Å². The Morgan fingerprint density at radius 2 is 1.72 bits per heavy atom. The van der Waals surface area contributed by atoms with Crippen LogP contribution in [0.5, 0.6) is 0 Å². The Morgan fingerprint density at radius 3 is 2.39 bits per heavy atom. The number of hydrogen-bond donors (Lipinski definition) is 3. The van der Waals surface area contributed by atoms with Gasteiger partial charge >= 0.3 is 23.8 Å². The number of carbonyl (C=O) groups excluding carboxylic acids is 1. The molecule has 3 N–H and O–H groups in total. The minimum absolute atomic E-state index is 0.153. The highest BCUT2D eigenvalue weighted by atomic mass is 35.5. The molecule has 1 aliphatic rings. The highest BCUT2D eigenvalue weighted by Gasteiger charge is 2.29. The maximum absolute atomic E-state index is 13.8. The lowest BCUT2D eigenvalue weighted by molar-refractivity contribution is -0.143. The molecule has 3 aromatic rings. The Morgan fingerprint density at radius 1 is 1.03 bits per heavy atom. The third-order valence-corrected chi connectivity index (χ3v) is 6.76. The van der Waals surface area contributed by atoms with Gasteiger partial charge < -0.3 is 20.2 Å². The van der Waals surface area contributed by atoms with Crippen LogP contribution in [0.2, 0.25) is 5.02 Å². The van der Waals surface area contributed by atoms with Crippen molar-refractivity contribution in [2.45, 2.75) is 38.5 Å². The molecule has 1 aliphatic carbocycles. The van der Waals surface area contributed by atoms with Gasteiger partial charge in [0.25, 0.3) is 0 Å². The van der Waals surface area contributed by atoms with Crippen LogP contribution in [0.25, 0.3) is 0 Å². The monoisotopic (exact) mass is 522 g/mol. The van der Waals surface area contributed by atoms with Gasteiger partial charge in [0.1, 0.15) is 5.82 Å². The lowest BCUT2D eigenvalue weighted by Gasteiger charge is -2.31. The second-order valence-electron chi connectivity index (χ2n) is 8.72. The molecule has 0 aliphatic heterocycles. The summed E-state index contributed by atoms with van der Waals surface area (Å²) in [5.41, 5.74) is 0.852. The summed E-state index contributed by atoms with van der Waals surface area (Å²) in [6, 6.07) is 5.78. The SMILES string of the molecule is C[C@H](C(=O)O)[C@H]1CC[C@H](c2ccc(NC(=O)c3nnc(Nc4cc(F)c(F)cc4F)o3)c(Cl)c2)CC1. The summed E-state index contributed by atoms with van der Waals surface area (Å²) < 4.78 is 45.4. The zero-order chi connectivity index (χ0) is 26.0. The summed E-state index contributed by atoms with van der Waals surface area (Å²) in [6.07, 6.45) is 3.33. The van der Waals surface area contributed by atoms with Crippen molar-refractivity contribution in [3.63, 3.8) is 0 Å². The predicted molar refractivity (Wildman–Crippen MR) is 125 cm³/mol. The normalized spacial score (nSPS) is 18.5. The second-order valence-corrected chi connectivity index (χ2v) is 9.12. The van der Waals surface area contributed by atoms with E-state index in [1.165, 1.54) is 0 Å². The quantitative estimate of drug-likeness (QED) is 0.319. The van der Waals surface area contributed by atoms with Crippen LogP contribution in [0.4, 0.5) is 30.6 Å². The zero-order valence-electron chi connectivity index (χ0n) is 19.0. The largest absolute Gasteiger partial charge is 0.481 e. The van der Waals surface area contributed by atoms with Crippen molar-refractivity contribution in [3.05, 3.63) is 64.3 Å². The highest BCUT2D eigenvalue weighted by molar-refractivity contribution is 6.34. The molecule has 1 fully saturated rings. The molecule has 1 heterocycles. The molecule has 8 nitrogen and oxygen atoms in total. The van der Waals surface area contributed by atoms with Crippen molar-refractivity contribution in [2.24, 2.45) is 11.8 Å². The van der Waals surface area contributed by atoms with E-state index in [4.69, 9.17) is 16.0 Å². The molecule has 0 radical (unpaired) electrons. The van der Waals surface area contributed by atoms with E-state index in [9.17, 15) is 27.9 Å². The van der Waals surface area contributed by atoms with E-state index in [-0.39, 0.29) is 17.8 Å². The highest BCUT2D eigenvalue weighted by Crippen LogP contribution is 2.40. The molecule has 4 rings (SSSR count). The van der Waals surface area contributed by atoms with Crippen LogP contribution in [0.15, 0.2) is 34.7 Å². The van der Waals surface area contributed by atoms with E-state index in [0.717, 1.165) is 31.2 Å². The van der Waals surface area contributed by atoms with E-state index in [1.807, 2.05) is 6.07 Å². The van der Waals surface area contributed by atoms with E-state index in [1.54, 1.807) is 19.1 Å². The Labute approximate surface area is 208 Å². The fourth-order valence-corrected chi connectivity index (χ4v) is 4.55. The molecular formula is C24H22ClF3N4O4. The fourth-order valence-electron chi connectivity index (χ4n) is 4.32. The number of carbonyl (C=O) groups is 2. The van der Waals surface area contributed by atoms with Crippen LogP contribution in [-0.4, -0.2) is 27.2 Å². The van der Waals surface area contributed by atoms with Gasteiger partial charge in [0, 0.05) is 12.1 Å². The van der Waals surface area contributed by atoms with E-state index in [0.29, 0.717) is 22.8 Å². The summed E-state index contributed by atoms with van der Waals surface area (Å²) in [6.45, 7) is 1.74. The predicted octanol–water partition coefficient (Wildman–Crippen LogP) is 6.13. The summed E-state index contributed by atoms with van der Waals surface area (Å²) in [7, 11) is 0. The average molecular weight is 523 g/mol. The van der Waals surface area contributed by atoms with Crippen LogP contribution in [0.3, 0.4) is 0 Å². The van der Waals surface area contributed by atoms with Crippen LogP contribution >= 0.6 is 11.6 Å². The van der Waals surface area contributed by atoms with Gasteiger partial charge in [0.15, 0.2) is 11.6 Å². The molecule has 0 saturated heterocycles. The summed E-state index contributed by atoms with van der Waals surface area (Å²) in [4.78, 5) is 23.7. The van der Waals surface area contributed by atoms with Crippen LogP contribution in [0.1, 0.15) is 54.8 Å². The topological polar surface area (TPSA) is 117 Å². The number of nitrogens with zero attached hydrogens (tertiary/aromatic N) is 2. The van der Waals surface area contributed by atoms with Crippen molar-refractivity contribution in [1.82, 2.24) is 10.2 Å². The molecule has 1 saturated carbocycles. The first kappa shape index (κ1) is 25.5. The number of benzene rings is 2. The standard InChI is InChI=1S/C24H22ClF3N4O4/c1-11(23(34)35)12-2-4-13(5-3-12)14-6-7-19(15(25)8-14)29-21(33)22-31-32-24(36-22)30-20-10-17(27)16(26)9-18(20)28/h6-13H,2-5H2,1H3,(H,29,33)(H,30,32)(H,34,35)/t11-,12-,13-/m0/s1. The molecule has 1 amide bonds.